The number of ether oxygens (including phenoxy) is 3. The number of carbonyl (C=O) groups is 2. The van der Waals surface area contributed by atoms with Crippen molar-refractivity contribution in [2.24, 2.45) is 0 Å². The Kier molecular flexibility index (Phi) is 8.68. The molecule has 1 fully saturated rings. The molecule has 2 aromatic carbocycles. The fraction of sp³-hybridized carbons (Fsp3) is 0.333. The summed E-state index contributed by atoms with van der Waals surface area (Å²) in [4.78, 5) is 28.0. The van der Waals surface area contributed by atoms with Crippen molar-refractivity contribution in [1.82, 2.24) is 0 Å². The Labute approximate surface area is 216 Å². The van der Waals surface area contributed by atoms with Gasteiger partial charge in [0, 0.05) is 10.7 Å². The number of aliphatic carboxylic acids is 1. The summed E-state index contributed by atoms with van der Waals surface area (Å²) >= 11 is 6.04. The minimum Gasteiger partial charge on any atom is -0.490 e. The molecule has 0 bridgehead atoms. The van der Waals surface area contributed by atoms with Crippen LogP contribution < -0.4 is 10.1 Å². The smallest absolute Gasteiger partial charge is 0.335 e. The largest absolute Gasteiger partial charge is 0.490 e. The number of carboxylic acids is 1. The fourth-order valence-corrected chi connectivity index (χ4v) is 3.57. The van der Waals surface area contributed by atoms with E-state index in [1.54, 1.807) is 0 Å². The summed E-state index contributed by atoms with van der Waals surface area (Å²) in [6.07, 6.45) is -9.62. The number of halogens is 1. The highest BCUT2D eigenvalue weighted by Crippen LogP contribution is 2.30. The molecule has 1 heterocycles. The minimum absolute atomic E-state index is 0.0803. The van der Waals surface area contributed by atoms with E-state index in [9.17, 15) is 30.0 Å². The number of carboxylic acid groups (broad SMARTS) is 1. The van der Waals surface area contributed by atoms with E-state index in [2.05, 4.69) is 10.2 Å². The van der Waals surface area contributed by atoms with Crippen LogP contribution >= 0.6 is 11.6 Å². The van der Waals surface area contributed by atoms with Gasteiger partial charge in [0.2, 0.25) is 5.69 Å². The van der Waals surface area contributed by atoms with Gasteiger partial charge >= 0.3 is 5.97 Å². The minimum atomic E-state index is -1.98. The van der Waals surface area contributed by atoms with E-state index >= 15 is 0 Å². The van der Waals surface area contributed by atoms with E-state index in [-0.39, 0.29) is 22.1 Å². The predicted octanol–water partition coefficient (Wildman–Crippen LogP) is 1.45. The predicted molar refractivity (Wildman–Crippen MR) is 127 cm³/mol. The molecule has 5 N–H and O–H groups in total. The Morgan fingerprint density at radius 1 is 1.19 bits per heavy atom. The van der Waals surface area contributed by atoms with Gasteiger partial charge in [0.15, 0.2) is 18.0 Å². The monoisotopic (exact) mass is 531 g/mol. The van der Waals surface area contributed by atoms with Gasteiger partial charge < -0.3 is 40.0 Å². The third-order valence-electron chi connectivity index (χ3n) is 5.49. The lowest BCUT2D eigenvalue weighted by atomic mass is 9.98. The van der Waals surface area contributed by atoms with Crippen LogP contribution in [0.2, 0.25) is 5.02 Å². The zero-order chi connectivity index (χ0) is 27.3. The molecule has 194 valence electrons. The van der Waals surface area contributed by atoms with Crippen LogP contribution in [0.4, 0.5) is 11.4 Å². The summed E-state index contributed by atoms with van der Waals surface area (Å²) in [5, 5.41) is 51.3. The molecule has 0 saturated carbocycles. The van der Waals surface area contributed by atoms with Crippen molar-refractivity contribution in [2.75, 3.05) is 11.9 Å². The maximum atomic E-state index is 13.3. The molecule has 37 heavy (non-hydrogen) atoms. The molecule has 13 heteroatoms. The van der Waals surface area contributed by atoms with E-state index in [1.165, 1.54) is 49.4 Å². The van der Waals surface area contributed by atoms with Gasteiger partial charge in [0.1, 0.15) is 30.7 Å². The van der Waals surface area contributed by atoms with Crippen molar-refractivity contribution in [2.45, 2.75) is 43.2 Å². The highest BCUT2D eigenvalue weighted by molar-refractivity contribution is 6.33. The highest BCUT2D eigenvalue weighted by Gasteiger charge is 2.51. The standard InChI is InChI=1S/C24H22ClN3O9/c1-24(11-35-14-6-3-12(10-26)4-7-14,23(34)28-13-5-8-16(27-2)15(25)9-13)37-22-19(31)17(29)18(30)20(36-22)21(32)33/h3-9,17-20,22,29-31H,11H2,1H3,(H,28,34)(H,32,33)/t17?,18?,19?,20?,22?,24-/m0/s1. The zero-order valence-electron chi connectivity index (χ0n) is 19.2. The van der Waals surface area contributed by atoms with Crippen molar-refractivity contribution in [3.63, 3.8) is 0 Å². The molecule has 1 saturated heterocycles. The first-order valence-electron chi connectivity index (χ1n) is 10.7. The Morgan fingerprint density at radius 2 is 1.86 bits per heavy atom. The quantitative estimate of drug-likeness (QED) is 0.312. The maximum absolute atomic E-state index is 13.3. The molecule has 1 amide bonds. The van der Waals surface area contributed by atoms with Gasteiger partial charge in [-0.15, -0.1) is 0 Å². The van der Waals surface area contributed by atoms with Gasteiger partial charge in [-0.2, -0.15) is 5.26 Å². The molecule has 3 rings (SSSR count). The average molecular weight is 532 g/mol. The van der Waals surface area contributed by atoms with Crippen molar-refractivity contribution >= 4 is 34.9 Å². The number of nitriles is 1. The first-order valence-corrected chi connectivity index (χ1v) is 11.1. The summed E-state index contributed by atoms with van der Waals surface area (Å²) < 4.78 is 16.5. The molecule has 0 aliphatic carbocycles. The van der Waals surface area contributed by atoms with Gasteiger partial charge in [0.25, 0.3) is 5.91 Å². The average Bonchev–Trinajstić information content (AvgIpc) is 2.88. The number of benzene rings is 2. The van der Waals surface area contributed by atoms with Crippen molar-refractivity contribution in [3.05, 3.63) is 64.5 Å². The molecule has 5 unspecified atom stereocenters. The first-order chi connectivity index (χ1) is 17.5. The number of rotatable bonds is 8. The second-order valence-corrected chi connectivity index (χ2v) is 8.65. The van der Waals surface area contributed by atoms with E-state index in [4.69, 9.17) is 37.6 Å². The van der Waals surface area contributed by atoms with Crippen molar-refractivity contribution < 1.29 is 44.2 Å². The van der Waals surface area contributed by atoms with Crippen LogP contribution in [0.5, 0.6) is 5.75 Å². The molecule has 1 aliphatic heterocycles. The molecule has 2 aromatic rings. The van der Waals surface area contributed by atoms with E-state index in [0.29, 0.717) is 5.56 Å². The van der Waals surface area contributed by atoms with Crippen LogP contribution in [0.1, 0.15) is 12.5 Å². The highest BCUT2D eigenvalue weighted by atomic mass is 35.5. The van der Waals surface area contributed by atoms with Crippen LogP contribution in [0.15, 0.2) is 42.5 Å². The number of anilines is 1. The number of aliphatic hydroxyl groups is 3. The second kappa shape index (κ2) is 11.5. The van der Waals surface area contributed by atoms with E-state index in [1.807, 2.05) is 6.07 Å². The number of nitrogens with one attached hydrogen (secondary N) is 1. The Bertz CT molecular complexity index is 1240. The van der Waals surface area contributed by atoms with Crippen molar-refractivity contribution in [1.29, 1.82) is 5.26 Å². The SMILES string of the molecule is [C-]#[N+]c1ccc(NC(=O)[C@](C)(COc2ccc(C#N)cc2)OC2OC(C(=O)O)C(O)C(O)C2O)cc1Cl. The molecule has 0 aromatic heterocycles. The number of hydrogen-bond donors (Lipinski definition) is 5. The summed E-state index contributed by atoms with van der Waals surface area (Å²) in [7, 11) is 0. The lowest BCUT2D eigenvalue weighted by Crippen LogP contribution is -2.63. The van der Waals surface area contributed by atoms with Gasteiger partial charge in [-0.3, -0.25) is 4.79 Å². The van der Waals surface area contributed by atoms with Crippen molar-refractivity contribution in [3.8, 4) is 11.8 Å². The lowest BCUT2D eigenvalue weighted by molar-refractivity contribution is -0.315. The number of amides is 1. The second-order valence-electron chi connectivity index (χ2n) is 8.24. The molecular weight excluding hydrogens is 510 g/mol. The van der Waals surface area contributed by atoms with Crippen LogP contribution in [-0.4, -0.2) is 75.2 Å². The molecular formula is C24H22ClN3O9. The van der Waals surface area contributed by atoms with Gasteiger partial charge in [-0.1, -0.05) is 17.7 Å². The normalized spacial score (nSPS) is 24.7. The summed E-state index contributed by atoms with van der Waals surface area (Å²) in [5.41, 5.74) is -1.25. The molecule has 6 atom stereocenters. The number of carbonyl (C=O) groups excluding carboxylic acids is 1. The zero-order valence-corrected chi connectivity index (χ0v) is 20.0. The van der Waals surface area contributed by atoms with Gasteiger partial charge in [-0.05, 0) is 43.3 Å². The lowest BCUT2D eigenvalue weighted by Gasteiger charge is -2.41. The molecule has 0 spiro atoms. The van der Waals surface area contributed by atoms with Gasteiger partial charge in [0.05, 0.1) is 18.2 Å². The van der Waals surface area contributed by atoms with E-state index in [0.717, 1.165) is 0 Å². The number of nitrogens with zero attached hydrogens (tertiary/aromatic N) is 2. The van der Waals surface area contributed by atoms with Crippen LogP contribution in [0, 0.1) is 17.9 Å². The molecule has 0 radical (unpaired) electrons. The molecule has 12 nitrogen and oxygen atoms in total. The Balaban J connectivity index is 1.88. The third-order valence-corrected chi connectivity index (χ3v) is 5.80. The third kappa shape index (κ3) is 6.34. The number of aliphatic hydroxyl groups excluding tert-OH is 3. The molecule has 1 aliphatic rings. The fourth-order valence-electron chi connectivity index (χ4n) is 3.34. The maximum Gasteiger partial charge on any atom is 0.335 e. The number of hydrogen-bond acceptors (Lipinski definition) is 9. The topological polar surface area (TPSA) is 183 Å². The summed E-state index contributed by atoms with van der Waals surface area (Å²) in [5.74, 6) is -2.20. The first kappa shape index (κ1) is 27.8. The van der Waals surface area contributed by atoms with Gasteiger partial charge in [-0.25, -0.2) is 9.64 Å². The summed E-state index contributed by atoms with van der Waals surface area (Å²) in [6.45, 7) is 7.85. The Morgan fingerprint density at radius 3 is 2.43 bits per heavy atom. The Hall–Kier alpha value is -3.75. The summed E-state index contributed by atoms with van der Waals surface area (Å²) in [6, 6.07) is 12.0. The van der Waals surface area contributed by atoms with E-state index < -0.39 is 54.8 Å². The van der Waals surface area contributed by atoms with Crippen LogP contribution in [0.25, 0.3) is 4.85 Å². The van der Waals surface area contributed by atoms with Crippen LogP contribution in [-0.2, 0) is 19.1 Å². The van der Waals surface area contributed by atoms with Crippen LogP contribution in [0.3, 0.4) is 0 Å².